The van der Waals surface area contributed by atoms with Gasteiger partial charge in [-0.3, -0.25) is 0 Å². The van der Waals surface area contributed by atoms with E-state index in [0.29, 0.717) is 24.3 Å². The van der Waals surface area contributed by atoms with E-state index in [1.807, 2.05) is 0 Å². The number of hydrogen-bond acceptors (Lipinski definition) is 0. The summed E-state index contributed by atoms with van der Waals surface area (Å²) >= 11 is 0. The summed E-state index contributed by atoms with van der Waals surface area (Å²) in [5, 5.41) is 0. The van der Waals surface area contributed by atoms with Crippen LogP contribution in [0.3, 0.4) is 0 Å². The largest absolute Gasteiger partial charge is 0.207 e. The standard InChI is InChI=1S/C31H37F3/c1-3-5-7-8-21-10-11-24-17-25(14-13-23(24)16-21)27-19-29(33)31(30(34)20-27)26-15-12-22(9-6-4-2)28(32)18-26/h3-5,12,15,18-21,23-25H,2,6-11,13-14,16-17H2,1H3/b5-3+. The molecule has 2 aromatic rings. The second-order valence-electron chi connectivity index (χ2n) is 10.3. The fourth-order valence-corrected chi connectivity index (χ4v) is 6.32. The summed E-state index contributed by atoms with van der Waals surface area (Å²) in [6.45, 7) is 5.74. The lowest BCUT2D eigenvalue weighted by molar-refractivity contribution is 0.115. The molecule has 4 atom stereocenters. The lowest BCUT2D eigenvalue weighted by Crippen LogP contribution is -2.30. The molecule has 0 N–H and O–H groups in total. The lowest BCUT2D eigenvalue weighted by Gasteiger charge is -2.42. The van der Waals surface area contributed by atoms with Crippen LogP contribution in [-0.4, -0.2) is 0 Å². The first-order valence-corrected chi connectivity index (χ1v) is 13.0. The fraction of sp³-hybridized carbons (Fsp3) is 0.484. The maximum atomic E-state index is 15.1. The van der Waals surface area contributed by atoms with Gasteiger partial charge in [0.25, 0.3) is 0 Å². The summed E-state index contributed by atoms with van der Waals surface area (Å²) in [7, 11) is 0. The van der Waals surface area contributed by atoms with Crippen LogP contribution in [0, 0.1) is 35.2 Å². The minimum absolute atomic E-state index is 0.131. The molecule has 2 fully saturated rings. The van der Waals surface area contributed by atoms with Crippen LogP contribution in [0.15, 0.2) is 55.1 Å². The Labute approximate surface area is 203 Å². The maximum absolute atomic E-state index is 15.1. The van der Waals surface area contributed by atoms with Crippen LogP contribution in [0.5, 0.6) is 0 Å². The normalized spacial score (nSPS) is 24.8. The molecule has 182 valence electrons. The first-order valence-electron chi connectivity index (χ1n) is 13.0. The van der Waals surface area contributed by atoms with Gasteiger partial charge in [0, 0.05) is 0 Å². The number of aryl methyl sites for hydroxylation is 1. The number of fused-ring (bicyclic) bond motifs is 1. The Morgan fingerprint density at radius 1 is 0.882 bits per heavy atom. The van der Waals surface area contributed by atoms with Crippen LogP contribution >= 0.6 is 0 Å². The summed E-state index contributed by atoms with van der Waals surface area (Å²) in [5.41, 5.74) is 1.42. The third kappa shape index (κ3) is 5.67. The van der Waals surface area contributed by atoms with E-state index in [4.69, 9.17) is 0 Å². The predicted molar refractivity (Wildman–Crippen MR) is 135 cm³/mol. The van der Waals surface area contributed by atoms with E-state index in [1.54, 1.807) is 18.2 Å². The number of benzene rings is 2. The van der Waals surface area contributed by atoms with E-state index in [9.17, 15) is 4.39 Å². The van der Waals surface area contributed by atoms with Crippen molar-refractivity contribution in [2.45, 2.75) is 77.0 Å². The average molecular weight is 467 g/mol. The predicted octanol–water partition coefficient (Wildman–Crippen LogP) is 9.55. The van der Waals surface area contributed by atoms with E-state index in [1.165, 1.54) is 50.3 Å². The molecular formula is C31H37F3. The third-order valence-corrected chi connectivity index (χ3v) is 8.19. The van der Waals surface area contributed by atoms with E-state index in [0.717, 1.165) is 36.7 Å². The quantitative estimate of drug-likeness (QED) is 0.340. The number of rotatable bonds is 8. The van der Waals surface area contributed by atoms with E-state index in [2.05, 4.69) is 25.7 Å². The van der Waals surface area contributed by atoms with Gasteiger partial charge in [-0.15, -0.1) is 6.58 Å². The van der Waals surface area contributed by atoms with Gasteiger partial charge < -0.3 is 0 Å². The van der Waals surface area contributed by atoms with Crippen molar-refractivity contribution in [1.29, 1.82) is 0 Å². The Kier molecular flexibility index (Phi) is 8.34. The molecule has 2 saturated carbocycles. The van der Waals surface area contributed by atoms with Gasteiger partial charge in [-0.25, -0.2) is 13.2 Å². The van der Waals surface area contributed by atoms with Gasteiger partial charge in [0.2, 0.25) is 0 Å². The number of hydrogen-bond donors (Lipinski definition) is 0. The average Bonchev–Trinajstić information content (AvgIpc) is 2.83. The van der Waals surface area contributed by atoms with Crippen molar-refractivity contribution < 1.29 is 13.2 Å². The van der Waals surface area contributed by atoms with E-state index < -0.39 is 17.5 Å². The molecule has 0 aromatic heterocycles. The smallest absolute Gasteiger partial charge is 0.134 e. The van der Waals surface area contributed by atoms with Gasteiger partial charge in [-0.1, -0.05) is 36.8 Å². The van der Waals surface area contributed by atoms with Crippen molar-refractivity contribution in [2.24, 2.45) is 17.8 Å². The number of allylic oxidation sites excluding steroid dienone is 3. The summed E-state index contributed by atoms with van der Waals surface area (Å²) < 4.78 is 44.8. The van der Waals surface area contributed by atoms with Crippen LogP contribution in [0.1, 0.15) is 81.8 Å². The summed E-state index contributed by atoms with van der Waals surface area (Å²) in [4.78, 5) is 0. The molecule has 2 aliphatic rings. The zero-order chi connectivity index (χ0) is 24.1. The molecule has 0 saturated heterocycles. The zero-order valence-corrected chi connectivity index (χ0v) is 20.3. The first-order chi connectivity index (χ1) is 16.5. The highest BCUT2D eigenvalue weighted by atomic mass is 19.1. The third-order valence-electron chi connectivity index (χ3n) is 8.19. The van der Waals surface area contributed by atoms with Crippen LogP contribution < -0.4 is 0 Å². The molecule has 3 heteroatoms. The zero-order valence-electron chi connectivity index (χ0n) is 20.3. The molecule has 34 heavy (non-hydrogen) atoms. The summed E-state index contributed by atoms with van der Waals surface area (Å²) in [6.07, 6.45) is 16.8. The molecule has 4 rings (SSSR count). The second kappa shape index (κ2) is 11.4. The van der Waals surface area contributed by atoms with Gasteiger partial charge in [-0.2, -0.15) is 0 Å². The molecular weight excluding hydrogens is 429 g/mol. The highest BCUT2D eigenvalue weighted by molar-refractivity contribution is 5.66. The summed E-state index contributed by atoms with van der Waals surface area (Å²) in [6, 6.07) is 7.48. The van der Waals surface area contributed by atoms with Crippen LogP contribution in [-0.2, 0) is 6.42 Å². The van der Waals surface area contributed by atoms with Crippen molar-refractivity contribution in [3.8, 4) is 11.1 Å². The molecule has 0 amide bonds. The highest BCUT2D eigenvalue weighted by Gasteiger charge is 2.36. The molecule has 0 spiro atoms. The van der Waals surface area contributed by atoms with Crippen LogP contribution in [0.2, 0.25) is 0 Å². The minimum Gasteiger partial charge on any atom is -0.207 e. The summed E-state index contributed by atoms with van der Waals surface area (Å²) in [5.74, 6) is 0.841. The number of halogens is 3. The van der Waals surface area contributed by atoms with Crippen LogP contribution in [0.4, 0.5) is 13.2 Å². The molecule has 4 unspecified atom stereocenters. The van der Waals surface area contributed by atoms with Gasteiger partial charge in [-0.05, 0) is 123 Å². The van der Waals surface area contributed by atoms with Crippen molar-refractivity contribution in [3.05, 3.63) is 83.7 Å². The van der Waals surface area contributed by atoms with Gasteiger partial charge in [0.05, 0.1) is 5.56 Å². The Morgan fingerprint density at radius 2 is 1.62 bits per heavy atom. The molecule has 0 heterocycles. The Balaban J connectivity index is 1.45. The SMILES string of the molecule is C=CCCc1ccc(-c2c(F)cc(C3CCC4CC(CC/C=C/C)CCC4C3)cc2F)cc1F. The molecule has 0 radical (unpaired) electrons. The highest BCUT2D eigenvalue weighted by Crippen LogP contribution is 2.48. The minimum atomic E-state index is -0.594. The van der Waals surface area contributed by atoms with Gasteiger partial charge >= 0.3 is 0 Å². The lowest BCUT2D eigenvalue weighted by atomic mass is 9.63. The van der Waals surface area contributed by atoms with Crippen LogP contribution in [0.25, 0.3) is 11.1 Å². The van der Waals surface area contributed by atoms with E-state index >= 15 is 8.78 Å². The van der Waals surface area contributed by atoms with Crippen molar-refractivity contribution in [3.63, 3.8) is 0 Å². The molecule has 0 aliphatic heterocycles. The van der Waals surface area contributed by atoms with E-state index in [-0.39, 0.29) is 17.0 Å². The molecule has 2 aromatic carbocycles. The second-order valence-corrected chi connectivity index (χ2v) is 10.3. The molecule has 0 bridgehead atoms. The van der Waals surface area contributed by atoms with Crippen molar-refractivity contribution in [1.82, 2.24) is 0 Å². The first kappa shape index (κ1) is 24.8. The monoisotopic (exact) mass is 466 g/mol. The van der Waals surface area contributed by atoms with Crippen molar-refractivity contribution in [2.75, 3.05) is 0 Å². The van der Waals surface area contributed by atoms with Gasteiger partial charge in [0.15, 0.2) is 0 Å². The molecule has 0 nitrogen and oxygen atoms in total. The molecule has 2 aliphatic carbocycles. The Morgan fingerprint density at radius 3 is 2.32 bits per heavy atom. The Bertz CT molecular complexity index is 998. The topological polar surface area (TPSA) is 0 Å². The fourth-order valence-electron chi connectivity index (χ4n) is 6.32. The maximum Gasteiger partial charge on any atom is 0.134 e. The Hall–Kier alpha value is -2.29. The van der Waals surface area contributed by atoms with Crippen molar-refractivity contribution >= 4 is 0 Å². The van der Waals surface area contributed by atoms with Gasteiger partial charge in [0.1, 0.15) is 17.5 Å².